The Hall–Kier alpha value is -1.66. The second-order valence-corrected chi connectivity index (χ2v) is 3.67. The number of anilines is 1. The number of benzene rings is 1. The zero-order chi connectivity index (χ0) is 12.8. The van der Waals surface area contributed by atoms with Gasteiger partial charge in [0.2, 0.25) is 0 Å². The zero-order valence-corrected chi connectivity index (χ0v) is 8.65. The maximum atomic E-state index is 12.9. The van der Waals surface area contributed by atoms with E-state index in [9.17, 15) is 22.0 Å². The van der Waals surface area contributed by atoms with Gasteiger partial charge in [0.1, 0.15) is 5.71 Å². The Labute approximate surface area is 93.4 Å². The van der Waals surface area contributed by atoms with Crippen molar-refractivity contribution >= 4 is 17.1 Å². The fourth-order valence-corrected chi connectivity index (χ4v) is 1.56. The van der Waals surface area contributed by atoms with Crippen molar-refractivity contribution in [2.75, 3.05) is 18.5 Å². The summed E-state index contributed by atoms with van der Waals surface area (Å²) in [6.07, 6.45) is -4.57. The molecular formula is C10H7F5N2. The topological polar surface area (TPSA) is 15.6 Å². The SMILES string of the molecule is CN1CC(C(F)(F)F)=Nc2cc(F)c(F)cc21. The van der Waals surface area contributed by atoms with Gasteiger partial charge >= 0.3 is 6.18 Å². The highest BCUT2D eigenvalue weighted by Gasteiger charge is 2.38. The minimum Gasteiger partial charge on any atom is -0.367 e. The van der Waals surface area contributed by atoms with E-state index >= 15 is 0 Å². The molecule has 17 heavy (non-hydrogen) atoms. The molecule has 1 aromatic carbocycles. The van der Waals surface area contributed by atoms with Crippen LogP contribution >= 0.6 is 0 Å². The van der Waals surface area contributed by atoms with Crippen LogP contribution in [0.1, 0.15) is 0 Å². The van der Waals surface area contributed by atoms with E-state index in [2.05, 4.69) is 4.99 Å². The summed E-state index contributed by atoms with van der Waals surface area (Å²) in [6.45, 7) is -0.485. The molecule has 2 rings (SSSR count). The van der Waals surface area contributed by atoms with Crippen molar-refractivity contribution in [3.8, 4) is 0 Å². The van der Waals surface area contributed by atoms with Crippen LogP contribution in [0.15, 0.2) is 17.1 Å². The van der Waals surface area contributed by atoms with E-state index in [1.54, 1.807) is 0 Å². The molecule has 0 aliphatic carbocycles. The molecule has 0 unspecified atom stereocenters. The van der Waals surface area contributed by atoms with Gasteiger partial charge in [-0.1, -0.05) is 0 Å². The Bertz CT molecular complexity index is 492. The number of aliphatic imine (C=N–C) groups is 1. The first kappa shape index (κ1) is 11.8. The van der Waals surface area contributed by atoms with E-state index < -0.39 is 30.1 Å². The van der Waals surface area contributed by atoms with Crippen molar-refractivity contribution in [3.63, 3.8) is 0 Å². The number of fused-ring (bicyclic) bond motifs is 1. The number of nitrogens with zero attached hydrogens (tertiary/aromatic N) is 2. The molecule has 0 atom stereocenters. The van der Waals surface area contributed by atoms with Crippen molar-refractivity contribution in [2.45, 2.75) is 6.18 Å². The third-order valence-electron chi connectivity index (χ3n) is 2.40. The molecule has 0 radical (unpaired) electrons. The molecule has 1 heterocycles. The molecule has 1 aliphatic heterocycles. The summed E-state index contributed by atoms with van der Waals surface area (Å²) in [5.74, 6) is -2.33. The third kappa shape index (κ3) is 2.09. The van der Waals surface area contributed by atoms with Gasteiger partial charge in [0.05, 0.1) is 17.9 Å². The summed E-state index contributed by atoms with van der Waals surface area (Å²) >= 11 is 0. The Kier molecular flexibility index (Phi) is 2.56. The number of hydrogen-bond acceptors (Lipinski definition) is 2. The molecule has 0 amide bonds. The molecule has 92 valence electrons. The minimum atomic E-state index is -4.57. The largest absolute Gasteiger partial charge is 0.431 e. The van der Waals surface area contributed by atoms with Crippen molar-refractivity contribution in [2.24, 2.45) is 4.99 Å². The Morgan fingerprint density at radius 1 is 1.18 bits per heavy atom. The molecule has 2 nitrogen and oxygen atoms in total. The summed E-state index contributed by atoms with van der Waals surface area (Å²) < 4.78 is 63.2. The van der Waals surface area contributed by atoms with Crippen molar-refractivity contribution in [1.82, 2.24) is 0 Å². The summed E-state index contributed by atoms with van der Waals surface area (Å²) in [4.78, 5) is 4.49. The maximum Gasteiger partial charge on any atom is 0.431 e. The summed E-state index contributed by atoms with van der Waals surface area (Å²) in [7, 11) is 1.36. The number of hydrogen-bond donors (Lipinski definition) is 0. The summed E-state index contributed by atoms with van der Waals surface area (Å²) in [6, 6.07) is 1.49. The van der Waals surface area contributed by atoms with Crippen LogP contribution in [0.4, 0.5) is 33.3 Å². The van der Waals surface area contributed by atoms with Crippen molar-refractivity contribution in [1.29, 1.82) is 0 Å². The lowest BCUT2D eigenvalue weighted by Crippen LogP contribution is -2.37. The summed E-state index contributed by atoms with van der Waals surface area (Å²) in [5.41, 5.74) is -1.11. The van der Waals surface area contributed by atoms with Gasteiger partial charge in [-0.25, -0.2) is 13.8 Å². The standard InChI is InChI=1S/C10H7F5N2/c1-17-4-9(10(13,14)15)16-7-2-5(11)6(12)3-8(7)17/h2-3H,4H2,1H3. The molecular weight excluding hydrogens is 243 g/mol. The predicted molar refractivity (Wildman–Crippen MR) is 52.8 cm³/mol. The summed E-state index contributed by atoms with van der Waals surface area (Å²) in [5, 5.41) is 0. The van der Waals surface area contributed by atoms with E-state index in [1.807, 2.05) is 0 Å². The highest BCUT2D eigenvalue weighted by atomic mass is 19.4. The van der Waals surface area contributed by atoms with E-state index in [-0.39, 0.29) is 11.4 Å². The average molecular weight is 250 g/mol. The van der Waals surface area contributed by atoms with Crippen LogP contribution in [-0.2, 0) is 0 Å². The zero-order valence-electron chi connectivity index (χ0n) is 8.65. The second-order valence-electron chi connectivity index (χ2n) is 3.67. The van der Waals surface area contributed by atoms with Gasteiger partial charge in [0.25, 0.3) is 0 Å². The minimum absolute atomic E-state index is 0.136. The van der Waals surface area contributed by atoms with Gasteiger partial charge in [0.15, 0.2) is 11.6 Å². The average Bonchev–Trinajstić information content (AvgIpc) is 2.19. The van der Waals surface area contributed by atoms with Gasteiger partial charge in [-0.2, -0.15) is 13.2 Å². The number of rotatable bonds is 0. The highest BCUT2D eigenvalue weighted by Crippen LogP contribution is 2.36. The Morgan fingerprint density at radius 3 is 2.35 bits per heavy atom. The molecule has 0 bridgehead atoms. The van der Waals surface area contributed by atoms with Crippen molar-refractivity contribution < 1.29 is 22.0 Å². The highest BCUT2D eigenvalue weighted by molar-refractivity contribution is 5.99. The van der Waals surface area contributed by atoms with Crippen LogP contribution in [0.2, 0.25) is 0 Å². The Morgan fingerprint density at radius 2 is 1.76 bits per heavy atom. The first-order chi connectivity index (χ1) is 7.79. The molecule has 0 aromatic heterocycles. The second kappa shape index (κ2) is 3.68. The van der Waals surface area contributed by atoms with Crippen LogP contribution in [0.3, 0.4) is 0 Å². The third-order valence-corrected chi connectivity index (χ3v) is 2.40. The van der Waals surface area contributed by atoms with Crippen molar-refractivity contribution in [3.05, 3.63) is 23.8 Å². The normalized spacial score (nSPS) is 15.6. The molecule has 0 spiro atoms. The molecule has 1 aromatic rings. The molecule has 0 saturated heterocycles. The van der Waals surface area contributed by atoms with Gasteiger partial charge in [-0.15, -0.1) is 0 Å². The van der Waals surface area contributed by atoms with Gasteiger partial charge in [-0.3, -0.25) is 0 Å². The van der Waals surface area contributed by atoms with Gasteiger partial charge in [-0.05, 0) is 0 Å². The number of halogens is 5. The maximum absolute atomic E-state index is 12.9. The van der Waals surface area contributed by atoms with E-state index in [4.69, 9.17) is 0 Å². The van der Waals surface area contributed by atoms with Gasteiger partial charge < -0.3 is 4.90 Å². The van der Waals surface area contributed by atoms with E-state index in [0.717, 1.165) is 6.07 Å². The van der Waals surface area contributed by atoms with Gasteiger partial charge in [0, 0.05) is 19.2 Å². The molecule has 0 fully saturated rings. The molecule has 0 N–H and O–H groups in total. The van der Waals surface area contributed by atoms with Crippen LogP contribution in [0, 0.1) is 11.6 Å². The number of alkyl halides is 3. The fraction of sp³-hybridized carbons (Fsp3) is 0.300. The van der Waals surface area contributed by atoms with Crippen LogP contribution in [-0.4, -0.2) is 25.5 Å². The van der Waals surface area contributed by atoms with Crippen LogP contribution in [0.25, 0.3) is 0 Å². The quantitative estimate of drug-likeness (QED) is 0.646. The molecule has 0 saturated carbocycles. The lowest BCUT2D eigenvalue weighted by atomic mass is 10.1. The van der Waals surface area contributed by atoms with Crippen LogP contribution < -0.4 is 4.90 Å². The lowest BCUT2D eigenvalue weighted by molar-refractivity contribution is -0.0597. The first-order valence-electron chi connectivity index (χ1n) is 4.64. The van der Waals surface area contributed by atoms with Crippen LogP contribution in [0.5, 0.6) is 0 Å². The fourth-order valence-electron chi connectivity index (χ4n) is 1.56. The van der Waals surface area contributed by atoms with E-state index in [1.165, 1.54) is 11.9 Å². The molecule has 7 heteroatoms. The smallest absolute Gasteiger partial charge is 0.367 e. The monoisotopic (exact) mass is 250 g/mol. The Balaban J connectivity index is 2.56. The lowest BCUT2D eigenvalue weighted by Gasteiger charge is -2.27. The van der Waals surface area contributed by atoms with E-state index in [0.29, 0.717) is 6.07 Å². The molecule has 1 aliphatic rings. The first-order valence-corrected chi connectivity index (χ1v) is 4.64. The predicted octanol–water partition coefficient (Wildman–Crippen LogP) is 3.05.